The first-order chi connectivity index (χ1) is 6.66. The summed E-state index contributed by atoms with van der Waals surface area (Å²) >= 11 is 11.6. The van der Waals surface area contributed by atoms with E-state index in [0.29, 0.717) is 10.6 Å². The van der Waals surface area contributed by atoms with Crippen LogP contribution in [0.1, 0.15) is 10.4 Å². The molecule has 1 aromatic rings. The van der Waals surface area contributed by atoms with E-state index < -0.39 is 0 Å². The van der Waals surface area contributed by atoms with Gasteiger partial charge in [0.05, 0.1) is 15.6 Å². The third kappa shape index (κ3) is 2.61. The van der Waals surface area contributed by atoms with Crippen molar-refractivity contribution in [3.8, 4) is 0 Å². The molecule has 76 valence electrons. The second-order valence-corrected chi connectivity index (χ2v) is 3.33. The Labute approximate surface area is 92.0 Å². The monoisotopic (exact) mass is 233 g/mol. The molecule has 3 nitrogen and oxygen atoms in total. The van der Waals surface area contributed by atoms with Crippen molar-refractivity contribution in [1.29, 1.82) is 0 Å². The summed E-state index contributed by atoms with van der Waals surface area (Å²) in [5.74, 6) is -0.306. The van der Waals surface area contributed by atoms with Gasteiger partial charge >= 0.3 is 0 Å². The minimum absolute atomic E-state index is 0.141. The molecule has 14 heavy (non-hydrogen) atoms. The van der Waals surface area contributed by atoms with Gasteiger partial charge in [-0.1, -0.05) is 29.3 Å². The van der Waals surface area contributed by atoms with Gasteiger partial charge in [-0.15, -0.1) is 0 Å². The van der Waals surface area contributed by atoms with Gasteiger partial charge < -0.3 is 10.1 Å². The molecule has 0 radical (unpaired) electrons. The number of halogens is 2. The van der Waals surface area contributed by atoms with E-state index in [2.05, 4.69) is 5.32 Å². The summed E-state index contributed by atoms with van der Waals surface area (Å²) in [6.45, 7) is 0.141. The van der Waals surface area contributed by atoms with Gasteiger partial charge in [0.2, 0.25) is 0 Å². The number of methoxy groups -OCH3 is 1. The molecule has 0 aliphatic heterocycles. The zero-order valence-electron chi connectivity index (χ0n) is 7.51. The average molecular weight is 234 g/mol. The predicted molar refractivity (Wildman–Crippen MR) is 55.8 cm³/mol. The molecule has 0 aliphatic rings. The largest absolute Gasteiger partial charge is 0.364 e. The van der Waals surface area contributed by atoms with Crippen LogP contribution in [0, 0.1) is 0 Å². The highest BCUT2D eigenvalue weighted by atomic mass is 35.5. The Bertz CT molecular complexity index is 342. The Morgan fingerprint density at radius 3 is 2.86 bits per heavy atom. The highest BCUT2D eigenvalue weighted by molar-refractivity contribution is 6.43. The van der Waals surface area contributed by atoms with Crippen molar-refractivity contribution in [3.05, 3.63) is 33.8 Å². The van der Waals surface area contributed by atoms with Crippen LogP contribution in [0.3, 0.4) is 0 Å². The van der Waals surface area contributed by atoms with E-state index in [1.807, 2.05) is 0 Å². The topological polar surface area (TPSA) is 38.3 Å². The molecule has 0 spiro atoms. The lowest BCUT2D eigenvalue weighted by molar-refractivity contribution is 0.0872. The zero-order chi connectivity index (χ0) is 10.6. The number of hydrogen-bond acceptors (Lipinski definition) is 2. The fourth-order valence-electron chi connectivity index (χ4n) is 0.912. The van der Waals surface area contributed by atoms with Gasteiger partial charge in [-0.25, -0.2) is 0 Å². The van der Waals surface area contributed by atoms with Crippen molar-refractivity contribution in [2.45, 2.75) is 0 Å². The van der Waals surface area contributed by atoms with Crippen LogP contribution in [0.5, 0.6) is 0 Å². The van der Waals surface area contributed by atoms with E-state index in [1.54, 1.807) is 18.2 Å². The number of nitrogens with one attached hydrogen (secondary N) is 1. The third-order valence-electron chi connectivity index (χ3n) is 1.57. The maximum atomic E-state index is 11.4. The predicted octanol–water partition coefficient (Wildman–Crippen LogP) is 2.33. The Kier molecular flexibility index (Phi) is 4.20. The summed E-state index contributed by atoms with van der Waals surface area (Å²) in [4.78, 5) is 11.4. The highest BCUT2D eigenvalue weighted by Gasteiger charge is 2.11. The van der Waals surface area contributed by atoms with Gasteiger partial charge in [-0.2, -0.15) is 0 Å². The van der Waals surface area contributed by atoms with Gasteiger partial charge in [0, 0.05) is 7.11 Å². The second kappa shape index (κ2) is 5.20. The fourth-order valence-corrected chi connectivity index (χ4v) is 1.30. The molecule has 1 rings (SSSR count). The first-order valence-corrected chi connectivity index (χ1v) is 4.63. The van der Waals surface area contributed by atoms with Crippen LogP contribution in [0.2, 0.25) is 10.0 Å². The number of benzene rings is 1. The zero-order valence-corrected chi connectivity index (χ0v) is 9.02. The number of ether oxygens (including phenoxy) is 1. The molecule has 1 aromatic carbocycles. The number of carbonyl (C=O) groups excluding carboxylic acids is 1. The molecule has 0 saturated carbocycles. The summed E-state index contributed by atoms with van der Waals surface area (Å²) in [7, 11) is 1.49. The number of carbonyl (C=O) groups is 1. The SMILES string of the molecule is COCNC(=O)c1cccc(Cl)c1Cl. The first kappa shape index (κ1) is 11.3. The van der Waals surface area contributed by atoms with Crippen LogP contribution in [0.4, 0.5) is 0 Å². The molecule has 0 fully saturated rings. The van der Waals surface area contributed by atoms with Crippen LogP contribution >= 0.6 is 23.2 Å². The van der Waals surface area contributed by atoms with Gasteiger partial charge in [0.1, 0.15) is 6.73 Å². The Balaban J connectivity index is 2.84. The maximum absolute atomic E-state index is 11.4. The van der Waals surface area contributed by atoms with Crippen molar-refractivity contribution in [1.82, 2.24) is 5.32 Å². The van der Waals surface area contributed by atoms with Crippen molar-refractivity contribution in [2.24, 2.45) is 0 Å². The average Bonchev–Trinajstić information content (AvgIpc) is 2.18. The number of amides is 1. The van der Waals surface area contributed by atoms with E-state index in [9.17, 15) is 4.79 Å². The standard InChI is InChI=1S/C9H9Cl2NO2/c1-14-5-12-9(13)6-3-2-4-7(10)8(6)11/h2-4H,5H2,1H3,(H,12,13). The molecule has 0 saturated heterocycles. The molecule has 0 aliphatic carbocycles. The van der Waals surface area contributed by atoms with Gasteiger partial charge in [-0.05, 0) is 12.1 Å². The smallest absolute Gasteiger partial charge is 0.254 e. The van der Waals surface area contributed by atoms with E-state index in [0.717, 1.165) is 0 Å². The molecule has 1 N–H and O–H groups in total. The molecule has 1 amide bonds. The molecule has 0 unspecified atom stereocenters. The Morgan fingerprint density at radius 2 is 2.21 bits per heavy atom. The molecule has 0 bridgehead atoms. The van der Waals surface area contributed by atoms with Gasteiger partial charge in [0.15, 0.2) is 0 Å². The van der Waals surface area contributed by atoms with Gasteiger partial charge in [0.25, 0.3) is 5.91 Å². The second-order valence-electron chi connectivity index (χ2n) is 2.54. The van der Waals surface area contributed by atoms with Crippen molar-refractivity contribution in [2.75, 3.05) is 13.8 Å². The van der Waals surface area contributed by atoms with Crippen LogP contribution in [-0.4, -0.2) is 19.7 Å². The van der Waals surface area contributed by atoms with Crippen molar-refractivity contribution < 1.29 is 9.53 Å². The normalized spacial score (nSPS) is 9.93. The van der Waals surface area contributed by atoms with Crippen LogP contribution in [-0.2, 0) is 4.74 Å². The van der Waals surface area contributed by atoms with Gasteiger partial charge in [-0.3, -0.25) is 4.79 Å². The lowest BCUT2D eigenvalue weighted by atomic mass is 10.2. The Hall–Kier alpha value is -0.770. The first-order valence-electron chi connectivity index (χ1n) is 3.88. The van der Waals surface area contributed by atoms with Crippen LogP contribution < -0.4 is 5.32 Å². The van der Waals surface area contributed by atoms with E-state index in [-0.39, 0.29) is 17.7 Å². The minimum atomic E-state index is -0.306. The molecular formula is C9H9Cl2NO2. The third-order valence-corrected chi connectivity index (χ3v) is 2.39. The lowest BCUT2D eigenvalue weighted by Crippen LogP contribution is -2.25. The number of hydrogen-bond donors (Lipinski definition) is 1. The summed E-state index contributed by atoms with van der Waals surface area (Å²) in [6.07, 6.45) is 0. The lowest BCUT2D eigenvalue weighted by Gasteiger charge is -2.06. The molecule has 0 aromatic heterocycles. The molecular weight excluding hydrogens is 225 g/mol. The quantitative estimate of drug-likeness (QED) is 0.815. The number of rotatable bonds is 3. The summed E-state index contributed by atoms with van der Waals surface area (Å²) in [6, 6.07) is 4.88. The highest BCUT2D eigenvalue weighted by Crippen LogP contribution is 2.25. The van der Waals surface area contributed by atoms with Crippen LogP contribution in [0.25, 0.3) is 0 Å². The maximum Gasteiger partial charge on any atom is 0.254 e. The van der Waals surface area contributed by atoms with E-state index in [1.165, 1.54) is 7.11 Å². The molecule has 5 heteroatoms. The van der Waals surface area contributed by atoms with Crippen molar-refractivity contribution >= 4 is 29.1 Å². The Morgan fingerprint density at radius 1 is 1.50 bits per heavy atom. The van der Waals surface area contributed by atoms with Crippen LogP contribution in [0.15, 0.2) is 18.2 Å². The molecule has 0 heterocycles. The summed E-state index contributed by atoms with van der Waals surface area (Å²) < 4.78 is 4.70. The molecule has 0 atom stereocenters. The summed E-state index contributed by atoms with van der Waals surface area (Å²) in [5, 5.41) is 3.12. The van der Waals surface area contributed by atoms with E-state index in [4.69, 9.17) is 27.9 Å². The fraction of sp³-hybridized carbons (Fsp3) is 0.222. The van der Waals surface area contributed by atoms with E-state index >= 15 is 0 Å². The minimum Gasteiger partial charge on any atom is -0.364 e. The van der Waals surface area contributed by atoms with Crippen molar-refractivity contribution in [3.63, 3.8) is 0 Å². The summed E-state index contributed by atoms with van der Waals surface area (Å²) in [5.41, 5.74) is 0.344.